The normalized spacial score (nSPS) is 13.3. The van der Waals surface area contributed by atoms with Gasteiger partial charge < -0.3 is 20.5 Å². The van der Waals surface area contributed by atoms with Crippen LogP contribution in [0.5, 0.6) is 11.5 Å². The SMILES string of the molecule is COc1ccc(NC(=O)c2sc3nc(C4CC4)nc(C)c3c2C)cc1OCC(N)=O. The fourth-order valence-electron chi connectivity index (χ4n) is 3.30. The smallest absolute Gasteiger partial charge is 0.266 e. The van der Waals surface area contributed by atoms with Crippen LogP contribution in [0.15, 0.2) is 18.2 Å². The topological polar surface area (TPSA) is 116 Å². The highest BCUT2D eigenvalue weighted by Gasteiger charge is 2.28. The first-order valence-corrected chi connectivity index (χ1v) is 10.4. The van der Waals surface area contributed by atoms with Gasteiger partial charge in [0.15, 0.2) is 18.1 Å². The Hall–Kier alpha value is -3.20. The molecule has 8 nitrogen and oxygen atoms in total. The Morgan fingerprint density at radius 3 is 2.67 bits per heavy atom. The Bertz CT molecular complexity index is 1150. The third kappa shape index (κ3) is 3.93. The van der Waals surface area contributed by atoms with Crippen LogP contribution < -0.4 is 20.5 Å². The van der Waals surface area contributed by atoms with Gasteiger partial charge in [0, 0.05) is 23.1 Å². The third-order valence-electron chi connectivity index (χ3n) is 4.93. The van der Waals surface area contributed by atoms with Crippen LogP contribution in [-0.2, 0) is 4.79 Å². The lowest BCUT2D eigenvalue weighted by Crippen LogP contribution is -2.20. The largest absolute Gasteiger partial charge is 0.493 e. The first-order chi connectivity index (χ1) is 14.4. The zero-order valence-corrected chi connectivity index (χ0v) is 17.8. The second-order valence-electron chi connectivity index (χ2n) is 7.25. The number of methoxy groups -OCH3 is 1. The number of amides is 2. The minimum absolute atomic E-state index is 0.242. The van der Waals surface area contributed by atoms with Gasteiger partial charge in [-0.15, -0.1) is 11.3 Å². The fraction of sp³-hybridized carbons (Fsp3) is 0.333. The number of benzene rings is 1. The third-order valence-corrected chi connectivity index (χ3v) is 6.11. The number of primary amides is 1. The van der Waals surface area contributed by atoms with E-state index in [2.05, 4.69) is 10.3 Å². The lowest BCUT2D eigenvalue weighted by atomic mass is 10.1. The number of nitrogens with zero attached hydrogens (tertiary/aromatic N) is 2. The molecule has 2 aromatic heterocycles. The van der Waals surface area contributed by atoms with Gasteiger partial charge in [-0.05, 0) is 44.4 Å². The van der Waals surface area contributed by atoms with E-state index in [1.165, 1.54) is 18.4 Å². The number of carbonyl (C=O) groups is 2. The van der Waals surface area contributed by atoms with E-state index in [4.69, 9.17) is 20.2 Å². The van der Waals surface area contributed by atoms with Crippen LogP contribution >= 0.6 is 11.3 Å². The molecule has 1 aromatic carbocycles. The number of hydrogen-bond donors (Lipinski definition) is 2. The molecular weight excluding hydrogens is 404 g/mol. The maximum absolute atomic E-state index is 13.0. The molecule has 4 rings (SSSR count). The zero-order chi connectivity index (χ0) is 21.4. The van der Waals surface area contributed by atoms with Crippen molar-refractivity contribution in [2.45, 2.75) is 32.6 Å². The minimum atomic E-state index is -0.602. The van der Waals surface area contributed by atoms with Crippen molar-refractivity contribution in [3.05, 3.63) is 40.2 Å². The van der Waals surface area contributed by atoms with E-state index in [-0.39, 0.29) is 12.5 Å². The van der Waals surface area contributed by atoms with E-state index in [9.17, 15) is 9.59 Å². The van der Waals surface area contributed by atoms with Crippen molar-refractivity contribution >= 4 is 39.1 Å². The van der Waals surface area contributed by atoms with Crippen molar-refractivity contribution in [3.63, 3.8) is 0 Å². The molecule has 0 unspecified atom stereocenters. The van der Waals surface area contributed by atoms with Crippen molar-refractivity contribution in [3.8, 4) is 11.5 Å². The van der Waals surface area contributed by atoms with Crippen LogP contribution in [0.3, 0.4) is 0 Å². The number of thiophene rings is 1. The molecule has 1 aliphatic carbocycles. The highest BCUT2D eigenvalue weighted by atomic mass is 32.1. The van der Waals surface area contributed by atoms with Gasteiger partial charge in [0.25, 0.3) is 11.8 Å². The van der Waals surface area contributed by atoms with Crippen molar-refractivity contribution < 1.29 is 19.1 Å². The molecule has 0 saturated heterocycles. The maximum Gasteiger partial charge on any atom is 0.266 e. The van der Waals surface area contributed by atoms with E-state index in [1.54, 1.807) is 18.2 Å². The molecule has 2 amide bonds. The predicted octanol–water partition coefficient (Wildman–Crippen LogP) is 3.31. The molecule has 0 spiro atoms. The Labute approximate surface area is 177 Å². The van der Waals surface area contributed by atoms with Crippen LogP contribution in [0.1, 0.15) is 45.5 Å². The molecule has 1 saturated carbocycles. The molecule has 9 heteroatoms. The van der Waals surface area contributed by atoms with E-state index < -0.39 is 5.91 Å². The van der Waals surface area contributed by atoms with Crippen molar-refractivity contribution in [2.75, 3.05) is 19.0 Å². The number of hydrogen-bond acceptors (Lipinski definition) is 7. The summed E-state index contributed by atoms with van der Waals surface area (Å²) in [6.07, 6.45) is 2.25. The summed E-state index contributed by atoms with van der Waals surface area (Å²) < 4.78 is 10.6. The number of ether oxygens (including phenoxy) is 2. The summed E-state index contributed by atoms with van der Waals surface area (Å²) in [5.41, 5.74) is 7.42. The van der Waals surface area contributed by atoms with E-state index >= 15 is 0 Å². The highest BCUT2D eigenvalue weighted by Crippen LogP contribution is 2.40. The number of anilines is 1. The minimum Gasteiger partial charge on any atom is -0.493 e. The van der Waals surface area contributed by atoms with E-state index in [0.29, 0.717) is 28.0 Å². The summed E-state index contributed by atoms with van der Waals surface area (Å²) in [4.78, 5) is 34.8. The van der Waals surface area contributed by atoms with Crippen LogP contribution in [-0.4, -0.2) is 35.5 Å². The van der Waals surface area contributed by atoms with Gasteiger partial charge >= 0.3 is 0 Å². The van der Waals surface area contributed by atoms with Crippen molar-refractivity contribution in [1.29, 1.82) is 0 Å². The zero-order valence-electron chi connectivity index (χ0n) is 16.9. The lowest BCUT2D eigenvalue weighted by molar-refractivity contribution is -0.119. The lowest BCUT2D eigenvalue weighted by Gasteiger charge is -2.12. The second kappa shape index (κ2) is 7.91. The van der Waals surface area contributed by atoms with Gasteiger partial charge in [-0.25, -0.2) is 9.97 Å². The van der Waals surface area contributed by atoms with Gasteiger partial charge in [-0.3, -0.25) is 9.59 Å². The number of nitrogens with two attached hydrogens (primary N) is 1. The summed E-state index contributed by atoms with van der Waals surface area (Å²) in [6, 6.07) is 4.95. The van der Waals surface area contributed by atoms with Crippen LogP contribution in [0, 0.1) is 13.8 Å². The van der Waals surface area contributed by atoms with Gasteiger partial charge in [0.2, 0.25) is 0 Å². The quantitative estimate of drug-likeness (QED) is 0.599. The molecule has 1 fully saturated rings. The molecule has 0 aliphatic heterocycles. The number of fused-ring (bicyclic) bond motifs is 1. The Balaban J connectivity index is 1.61. The first-order valence-electron chi connectivity index (χ1n) is 9.55. The highest BCUT2D eigenvalue weighted by molar-refractivity contribution is 7.20. The van der Waals surface area contributed by atoms with Crippen LogP contribution in [0.25, 0.3) is 10.2 Å². The second-order valence-corrected chi connectivity index (χ2v) is 8.25. The molecular formula is C21H22N4O4S. The van der Waals surface area contributed by atoms with Crippen molar-refractivity contribution in [1.82, 2.24) is 9.97 Å². The maximum atomic E-state index is 13.0. The monoisotopic (exact) mass is 426 g/mol. The van der Waals surface area contributed by atoms with E-state index in [0.717, 1.165) is 40.1 Å². The fourth-order valence-corrected chi connectivity index (χ4v) is 4.44. The van der Waals surface area contributed by atoms with Crippen LogP contribution in [0.2, 0.25) is 0 Å². The summed E-state index contributed by atoms with van der Waals surface area (Å²) in [6.45, 7) is 3.59. The number of carbonyl (C=O) groups excluding carboxylic acids is 2. The summed E-state index contributed by atoms with van der Waals surface area (Å²) in [7, 11) is 1.49. The molecule has 3 aromatic rings. The molecule has 3 N–H and O–H groups in total. The molecule has 0 atom stereocenters. The molecule has 0 radical (unpaired) electrons. The summed E-state index contributed by atoms with van der Waals surface area (Å²) in [5.74, 6) is 1.23. The Morgan fingerprint density at radius 1 is 1.23 bits per heavy atom. The molecule has 2 heterocycles. The predicted molar refractivity (Wildman–Crippen MR) is 115 cm³/mol. The first kappa shape index (κ1) is 20.1. The summed E-state index contributed by atoms with van der Waals surface area (Å²) in [5, 5.41) is 3.82. The average molecular weight is 426 g/mol. The number of nitrogens with one attached hydrogen (secondary N) is 1. The van der Waals surface area contributed by atoms with Gasteiger partial charge in [-0.2, -0.15) is 0 Å². The standard InChI is InChI=1S/C21H22N4O4S/c1-10-17-11(2)23-19(12-4-5-12)25-21(17)30-18(10)20(27)24-13-6-7-14(28-3)15(8-13)29-9-16(22)26/h6-8,12H,4-5,9H2,1-3H3,(H2,22,26)(H,24,27). The molecule has 156 valence electrons. The van der Waals surface area contributed by atoms with Gasteiger partial charge in [0.1, 0.15) is 10.7 Å². The number of rotatable bonds is 7. The summed E-state index contributed by atoms with van der Waals surface area (Å²) >= 11 is 1.37. The van der Waals surface area contributed by atoms with Crippen molar-refractivity contribution in [2.24, 2.45) is 5.73 Å². The Morgan fingerprint density at radius 2 is 2.00 bits per heavy atom. The Kier molecular flexibility index (Phi) is 5.29. The molecule has 30 heavy (non-hydrogen) atoms. The van der Waals surface area contributed by atoms with E-state index in [1.807, 2.05) is 13.8 Å². The van der Waals surface area contributed by atoms with Gasteiger partial charge in [0.05, 0.1) is 17.7 Å². The van der Waals surface area contributed by atoms with Crippen LogP contribution in [0.4, 0.5) is 5.69 Å². The molecule has 1 aliphatic rings. The number of aryl methyl sites for hydroxylation is 2. The average Bonchev–Trinajstić information content (AvgIpc) is 3.50. The number of aromatic nitrogens is 2. The molecule has 0 bridgehead atoms. The van der Waals surface area contributed by atoms with Gasteiger partial charge in [-0.1, -0.05) is 0 Å².